The van der Waals surface area contributed by atoms with Gasteiger partial charge in [0.05, 0.1) is 0 Å². The zero-order chi connectivity index (χ0) is 15.7. The van der Waals surface area contributed by atoms with Crippen LogP contribution in [0.1, 0.15) is 51.2 Å². The van der Waals surface area contributed by atoms with Crippen LogP contribution >= 0.6 is 0 Å². The molecule has 1 rings (SSSR count). The molecule has 0 aliphatic carbocycles. The largest absolute Gasteiger partial charge is 0.478 e. The summed E-state index contributed by atoms with van der Waals surface area (Å²) in [6.45, 7) is 8.69. The molecule has 0 radical (unpaired) electrons. The standard InChI is InChI=1S/C18H27NO2/c1-4-5-6-12-19(15(2)3)14-17-9-7-8-16(13-17)10-11-18(20)21/h7-11,13,15H,4-6,12,14H2,1-3H3,(H,20,21). The maximum Gasteiger partial charge on any atom is 0.328 e. The van der Waals surface area contributed by atoms with E-state index in [9.17, 15) is 4.79 Å². The number of carboxylic acid groups (broad SMARTS) is 1. The van der Waals surface area contributed by atoms with Gasteiger partial charge in [-0.15, -0.1) is 0 Å². The van der Waals surface area contributed by atoms with Crippen molar-refractivity contribution in [3.63, 3.8) is 0 Å². The average Bonchev–Trinajstić information content (AvgIpc) is 2.44. The first-order valence-electron chi connectivity index (χ1n) is 7.77. The fourth-order valence-corrected chi connectivity index (χ4v) is 2.28. The molecule has 0 aliphatic heterocycles. The summed E-state index contributed by atoms with van der Waals surface area (Å²) in [7, 11) is 0. The van der Waals surface area contributed by atoms with Crippen molar-refractivity contribution in [1.82, 2.24) is 4.90 Å². The van der Waals surface area contributed by atoms with Crippen LogP contribution < -0.4 is 0 Å². The average molecular weight is 289 g/mol. The van der Waals surface area contributed by atoms with Gasteiger partial charge >= 0.3 is 5.97 Å². The second-order valence-corrected chi connectivity index (χ2v) is 5.69. The van der Waals surface area contributed by atoms with Gasteiger partial charge in [-0.05, 0) is 44.0 Å². The molecule has 0 saturated heterocycles. The van der Waals surface area contributed by atoms with Gasteiger partial charge in [0.15, 0.2) is 0 Å². The fourth-order valence-electron chi connectivity index (χ4n) is 2.28. The van der Waals surface area contributed by atoms with Crippen molar-refractivity contribution in [2.24, 2.45) is 0 Å². The minimum atomic E-state index is -0.913. The molecule has 3 heteroatoms. The molecule has 1 aromatic rings. The summed E-state index contributed by atoms with van der Waals surface area (Å²) in [6, 6.07) is 8.60. The van der Waals surface area contributed by atoms with Gasteiger partial charge in [-0.3, -0.25) is 4.90 Å². The number of hydrogen-bond donors (Lipinski definition) is 1. The summed E-state index contributed by atoms with van der Waals surface area (Å²) < 4.78 is 0. The third-order valence-electron chi connectivity index (χ3n) is 3.53. The minimum absolute atomic E-state index is 0.514. The van der Waals surface area contributed by atoms with E-state index in [2.05, 4.69) is 37.8 Å². The first-order chi connectivity index (χ1) is 10.0. The second kappa shape index (κ2) is 9.35. The van der Waals surface area contributed by atoms with E-state index in [1.807, 2.05) is 12.1 Å². The van der Waals surface area contributed by atoms with E-state index in [0.717, 1.165) is 18.7 Å². The predicted molar refractivity (Wildman–Crippen MR) is 88.2 cm³/mol. The van der Waals surface area contributed by atoms with E-state index in [0.29, 0.717) is 6.04 Å². The molecule has 0 bridgehead atoms. The van der Waals surface area contributed by atoms with Crippen molar-refractivity contribution in [3.05, 3.63) is 41.5 Å². The van der Waals surface area contributed by atoms with Crippen molar-refractivity contribution < 1.29 is 9.90 Å². The second-order valence-electron chi connectivity index (χ2n) is 5.69. The lowest BCUT2D eigenvalue weighted by atomic mass is 10.1. The molecule has 3 nitrogen and oxygen atoms in total. The van der Waals surface area contributed by atoms with E-state index in [-0.39, 0.29) is 0 Å². The highest BCUT2D eigenvalue weighted by Crippen LogP contribution is 2.13. The van der Waals surface area contributed by atoms with E-state index in [1.165, 1.54) is 30.9 Å². The lowest BCUT2D eigenvalue weighted by Crippen LogP contribution is -2.31. The van der Waals surface area contributed by atoms with Gasteiger partial charge in [-0.2, -0.15) is 0 Å². The van der Waals surface area contributed by atoms with Crippen molar-refractivity contribution in [2.45, 2.75) is 52.6 Å². The van der Waals surface area contributed by atoms with Crippen LogP contribution in [0.3, 0.4) is 0 Å². The normalized spacial score (nSPS) is 11.7. The van der Waals surface area contributed by atoms with Gasteiger partial charge in [-0.25, -0.2) is 4.79 Å². The van der Waals surface area contributed by atoms with Gasteiger partial charge in [0.25, 0.3) is 0 Å². The van der Waals surface area contributed by atoms with E-state index < -0.39 is 5.97 Å². The summed E-state index contributed by atoms with van der Waals surface area (Å²) in [6.07, 6.45) is 6.56. The van der Waals surface area contributed by atoms with Crippen molar-refractivity contribution in [3.8, 4) is 0 Å². The van der Waals surface area contributed by atoms with Gasteiger partial charge in [0.2, 0.25) is 0 Å². The Morgan fingerprint density at radius 1 is 1.33 bits per heavy atom. The van der Waals surface area contributed by atoms with E-state index in [4.69, 9.17) is 5.11 Å². The highest BCUT2D eigenvalue weighted by Gasteiger charge is 2.09. The number of rotatable bonds is 9. The van der Waals surface area contributed by atoms with Crippen LogP contribution in [0.2, 0.25) is 0 Å². The highest BCUT2D eigenvalue weighted by atomic mass is 16.4. The highest BCUT2D eigenvalue weighted by molar-refractivity contribution is 5.85. The third-order valence-corrected chi connectivity index (χ3v) is 3.53. The van der Waals surface area contributed by atoms with Gasteiger partial charge in [-0.1, -0.05) is 44.0 Å². The lowest BCUT2D eigenvalue weighted by molar-refractivity contribution is -0.131. The molecule has 0 heterocycles. The Morgan fingerprint density at radius 2 is 2.10 bits per heavy atom. The monoisotopic (exact) mass is 289 g/mol. The zero-order valence-electron chi connectivity index (χ0n) is 13.4. The molecule has 1 aromatic carbocycles. The number of carboxylic acids is 1. The summed E-state index contributed by atoms with van der Waals surface area (Å²) in [5.41, 5.74) is 2.17. The van der Waals surface area contributed by atoms with E-state index >= 15 is 0 Å². The molecular weight excluding hydrogens is 262 g/mol. The molecule has 1 N–H and O–H groups in total. The molecular formula is C18H27NO2. The molecule has 0 aromatic heterocycles. The predicted octanol–water partition coefficient (Wildman–Crippen LogP) is 4.19. The Hall–Kier alpha value is -1.61. The number of carbonyl (C=O) groups is 1. The van der Waals surface area contributed by atoms with Crippen molar-refractivity contribution in [2.75, 3.05) is 6.54 Å². The van der Waals surface area contributed by atoms with Crippen LogP contribution in [-0.4, -0.2) is 28.6 Å². The Balaban J connectivity index is 2.70. The summed E-state index contributed by atoms with van der Waals surface area (Å²) in [5, 5.41) is 8.69. The molecule has 0 saturated carbocycles. The Bertz CT molecular complexity index is 466. The Kier molecular flexibility index (Phi) is 7.76. The van der Waals surface area contributed by atoms with Crippen LogP contribution in [-0.2, 0) is 11.3 Å². The smallest absolute Gasteiger partial charge is 0.328 e. The van der Waals surface area contributed by atoms with Crippen LogP contribution in [0.4, 0.5) is 0 Å². The number of nitrogens with zero attached hydrogens (tertiary/aromatic N) is 1. The fraction of sp³-hybridized carbons (Fsp3) is 0.500. The topological polar surface area (TPSA) is 40.5 Å². The molecule has 116 valence electrons. The van der Waals surface area contributed by atoms with Gasteiger partial charge in [0.1, 0.15) is 0 Å². The zero-order valence-corrected chi connectivity index (χ0v) is 13.4. The molecule has 0 amide bonds. The SMILES string of the molecule is CCCCCN(Cc1cccc(C=CC(=O)O)c1)C(C)C. The molecule has 0 aliphatic rings. The molecule has 21 heavy (non-hydrogen) atoms. The van der Waals surface area contributed by atoms with Crippen LogP contribution in [0, 0.1) is 0 Å². The quantitative estimate of drug-likeness (QED) is 0.547. The van der Waals surface area contributed by atoms with E-state index in [1.54, 1.807) is 6.08 Å². The Morgan fingerprint density at radius 3 is 2.71 bits per heavy atom. The molecule has 0 atom stereocenters. The third kappa shape index (κ3) is 7.09. The lowest BCUT2D eigenvalue weighted by Gasteiger charge is -2.26. The first kappa shape index (κ1) is 17.4. The number of benzene rings is 1. The maximum atomic E-state index is 10.6. The van der Waals surface area contributed by atoms with Crippen molar-refractivity contribution in [1.29, 1.82) is 0 Å². The van der Waals surface area contributed by atoms with Crippen LogP contribution in [0.15, 0.2) is 30.3 Å². The summed E-state index contributed by atoms with van der Waals surface area (Å²) in [5.74, 6) is -0.913. The number of aliphatic carboxylic acids is 1. The van der Waals surface area contributed by atoms with Gasteiger partial charge < -0.3 is 5.11 Å². The van der Waals surface area contributed by atoms with Crippen LogP contribution in [0.5, 0.6) is 0 Å². The van der Waals surface area contributed by atoms with Crippen molar-refractivity contribution >= 4 is 12.0 Å². The summed E-state index contributed by atoms with van der Waals surface area (Å²) >= 11 is 0. The summed E-state index contributed by atoms with van der Waals surface area (Å²) in [4.78, 5) is 13.0. The van der Waals surface area contributed by atoms with Gasteiger partial charge in [0, 0.05) is 18.7 Å². The minimum Gasteiger partial charge on any atom is -0.478 e. The Labute approximate surface area is 128 Å². The maximum absolute atomic E-state index is 10.6. The molecule has 0 unspecified atom stereocenters. The van der Waals surface area contributed by atoms with Crippen LogP contribution in [0.25, 0.3) is 6.08 Å². The first-order valence-corrected chi connectivity index (χ1v) is 7.77. The number of hydrogen-bond acceptors (Lipinski definition) is 2. The molecule has 0 spiro atoms. The molecule has 0 fully saturated rings. The number of unbranched alkanes of at least 4 members (excludes halogenated alkanes) is 2.